The van der Waals surface area contributed by atoms with Gasteiger partial charge in [0.1, 0.15) is 11.6 Å². The molecule has 1 aromatic rings. The van der Waals surface area contributed by atoms with Crippen LogP contribution in [0.15, 0.2) is 18.2 Å². The molecule has 0 N–H and O–H groups in total. The lowest BCUT2D eigenvalue weighted by atomic mass is 9.92. The van der Waals surface area contributed by atoms with Crippen molar-refractivity contribution in [2.24, 2.45) is 0 Å². The van der Waals surface area contributed by atoms with Crippen LogP contribution >= 0.6 is 0 Å². The normalized spacial score (nSPS) is 12.0. The first-order valence-electron chi connectivity index (χ1n) is 5.52. The summed E-state index contributed by atoms with van der Waals surface area (Å²) in [6.45, 7) is 1.94. The van der Waals surface area contributed by atoms with Crippen molar-refractivity contribution >= 4 is 5.97 Å². The molecule has 0 aliphatic carbocycles. The highest BCUT2D eigenvalue weighted by Crippen LogP contribution is 2.32. The lowest BCUT2D eigenvalue weighted by Gasteiger charge is -2.17. The van der Waals surface area contributed by atoms with Crippen LogP contribution in [-0.2, 0) is 9.53 Å². The van der Waals surface area contributed by atoms with Crippen LogP contribution in [0.1, 0.15) is 31.2 Å². The largest absolute Gasteiger partial charge is 0.496 e. The molecular formula is C13H17FO3. The average molecular weight is 240 g/mol. The smallest absolute Gasteiger partial charge is 0.306 e. The summed E-state index contributed by atoms with van der Waals surface area (Å²) in [5.74, 6) is -0.123. The Morgan fingerprint density at radius 3 is 2.65 bits per heavy atom. The molecule has 0 aliphatic heterocycles. The molecule has 0 amide bonds. The number of carbonyl (C=O) groups excluding carboxylic acids is 1. The van der Waals surface area contributed by atoms with Crippen molar-refractivity contribution in [3.63, 3.8) is 0 Å². The Kier molecular flexibility index (Phi) is 4.94. The quantitative estimate of drug-likeness (QED) is 0.742. The summed E-state index contributed by atoms with van der Waals surface area (Å²) in [5.41, 5.74) is 0.709. The highest BCUT2D eigenvalue weighted by molar-refractivity contribution is 5.70. The number of halogens is 1. The van der Waals surface area contributed by atoms with E-state index < -0.39 is 0 Å². The summed E-state index contributed by atoms with van der Waals surface area (Å²) in [4.78, 5) is 11.3. The van der Waals surface area contributed by atoms with E-state index in [0.29, 0.717) is 11.3 Å². The number of benzene rings is 1. The van der Waals surface area contributed by atoms with Crippen LogP contribution in [0.3, 0.4) is 0 Å². The molecule has 0 spiro atoms. The molecule has 94 valence electrons. The van der Waals surface area contributed by atoms with Gasteiger partial charge < -0.3 is 9.47 Å². The van der Waals surface area contributed by atoms with Gasteiger partial charge in [-0.25, -0.2) is 4.39 Å². The van der Waals surface area contributed by atoms with Gasteiger partial charge in [0.05, 0.1) is 20.6 Å². The van der Waals surface area contributed by atoms with Crippen molar-refractivity contribution in [2.45, 2.75) is 25.7 Å². The maximum atomic E-state index is 13.2. The van der Waals surface area contributed by atoms with E-state index in [9.17, 15) is 9.18 Å². The third kappa shape index (κ3) is 3.44. The molecule has 0 heterocycles. The second kappa shape index (κ2) is 6.23. The lowest BCUT2D eigenvalue weighted by Crippen LogP contribution is -2.09. The van der Waals surface area contributed by atoms with Gasteiger partial charge in [-0.3, -0.25) is 4.79 Å². The number of hydrogen-bond donors (Lipinski definition) is 0. The van der Waals surface area contributed by atoms with Gasteiger partial charge in [-0.15, -0.1) is 0 Å². The van der Waals surface area contributed by atoms with Crippen molar-refractivity contribution in [2.75, 3.05) is 14.2 Å². The van der Waals surface area contributed by atoms with Gasteiger partial charge in [-0.1, -0.05) is 6.92 Å². The average Bonchev–Trinajstić information content (AvgIpc) is 2.35. The van der Waals surface area contributed by atoms with E-state index in [2.05, 4.69) is 4.74 Å². The van der Waals surface area contributed by atoms with E-state index in [1.54, 1.807) is 6.07 Å². The maximum absolute atomic E-state index is 13.2. The molecule has 1 rings (SSSR count). The Hall–Kier alpha value is -1.58. The Morgan fingerprint density at radius 1 is 1.41 bits per heavy atom. The Bertz CT molecular complexity index is 390. The summed E-state index contributed by atoms with van der Waals surface area (Å²) < 4.78 is 23.0. The van der Waals surface area contributed by atoms with E-state index in [1.807, 2.05) is 6.92 Å². The molecule has 17 heavy (non-hydrogen) atoms. The van der Waals surface area contributed by atoms with Gasteiger partial charge in [-0.05, 0) is 30.5 Å². The minimum atomic E-state index is -0.330. The molecular weight excluding hydrogens is 223 g/mol. The number of hydrogen-bond acceptors (Lipinski definition) is 3. The molecule has 4 heteroatoms. The fraction of sp³-hybridized carbons (Fsp3) is 0.462. The molecule has 0 saturated heterocycles. The summed E-state index contributed by atoms with van der Waals surface area (Å²) in [6.07, 6.45) is 0.946. The number of rotatable bonds is 5. The van der Waals surface area contributed by atoms with Crippen LogP contribution in [0, 0.1) is 5.82 Å². The minimum absolute atomic E-state index is 0.0897. The summed E-state index contributed by atoms with van der Waals surface area (Å²) in [5, 5.41) is 0. The first kappa shape index (κ1) is 13.5. The van der Waals surface area contributed by atoms with Crippen LogP contribution in [0.5, 0.6) is 5.75 Å². The zero-order valence-corrected chi connectivity index (χ0v) is 10.3. The van der Waals surface area contributed by atoms with Crippen LogP contribution in [-0.4, -0.2) is 20.2 Å². The van der Waals surface area contributed by atoms with E-state index in [0.717, 1.165) is 6.42 Å². The predicted octanol–water partition coefficient (Wildman–Crippen LogP) is 2.89. The van der Waals surface area contributed by atoms with E-state index >= 15 is 0 Å². The van der Waals surface area contributed by atoms with Gasteiger partial charge in [0.2, 0.25) is 0 Å². The van der Waals surface area contributed by atoms with Crippen molar-refractivity contribution < 1.29 is 18.7 Å². The number of esters is 1. The number of methoxy groups -OCH3 is 2. The van der Waals surface area contributed by atoms with E-state index in [4.69, 9.17) is 4.74 Å². The van der Waals surface area contributed by atoms with Crippen molar-refractivity contribution in [3.8, 4) is 5.75 Å². The zero-order chi connectivity index (χ0) is 12.8. The SMILES string of the molecule is CCC(CC(=O)OC)c1cc(F)ccc1OC. The first-order valence-corrected chi connectivity index (χ1v) is 5.52. The predicted molar refractivity (Wildman–Crippen MR) is 62.6 cm³/mol. The molecule has 0 saturated carbocycles. The monoisotopic (exact) mass is 240 g/mol. The highest BCUT2D eigenvalue weighted by Gasteiger charge is 2.19. The van der Waals surface area contributed by atoms with E-state index in [1.165, 1.54) is 26.4 Å². The zero-order valence-electron chi connectivity index (χ0n) is 10.3. The van der Waals surface area contributed by atoms with Gasteiger partial charge in [0.15, 0.2) is 0 Å². The molecule has 0 radical (unpaired) electrons. The molecule has 1 aromatic carbocycles. The Morgan fingerprint density at radius 2 is 2.12 bits per heavy atom. The topological polar surface area (TPSA) is 35.5 Å². The highest BCUT2D eigenvalue weighted by atomic mass is 19.1. The first-order chi connectivity index (χ1) is 8.12. The fourth-order valence-electron chi connectivity index (χ4n) is 1.78. The third-order valence-corrected chi connectivity index (χ3v) is 2.77. The Balaban J connectivity index is 3.01. The summed E-state index contributed by atoms with van der Waals surface area (Å²) in [7, 11) is 2.87. The molecule has 0 fully saturated rings. The summed E-state index contributed by atoms with van der Waals surface area (Å²) >= 11 is 0. The van der Waals surface area contributed by atoms with Gasteiger partial charge >= 0.3 is 5.97 Å². The van der Waals surface area contributed by atoms with E-state index in [-0.39, 0.29) is 24.1 Å². The summed E-state index contributed by atoms with van der Waals surface area (Å²) in [6, 6.07) is 4.33. The van der Waals surface area contributed by atoms with Crippen LogP contribution in [0.25, 0.3) is 0 Å². The van der Waals surface area contributed by atoms with Gasteiger partial charge in [-0.2, -0.15) is 0 Å². The van der Waals surface area contributed by atoms with Gasteiger partial charge in [0.25, 0.3) is 0 Å². The van der Waals surface area contributed by atoms with Crippen LogP contribution in [0.4, 0.5) is 4.39 Å². The lowest BCUT2D eigenvalue weighted by molar-refractivity contribution is -0.141. The second-order valence-corrected chi connectivity index (χ2v) is 3.77. The fourth-order valence-corrected chi connectivity index (χ4v) is 1.78. The second-order valence-electron chi connectivity index (χ2n) is 3.77. The van der Waals surface area contributed by atoms with Crippen molar-refractivity contribution in [3.05, 3.63) is 29.6 Å². The third-order valence-electron chi connectivity index (χ3n) is 2.77. The van der Waals surface area contributed by atoms with Gasteiger partial charge in [0, 0.05) is 5.56 Å². The molecule has 0 aliphatic rings. The standard InChI is InChI=1S/C13H17FO3/c1-4-9(7-13(15)17-3)11-8-10(14)5-6-12(11)16-2/h5-6,8-9H,4,7H2,1-3H3. The number of ether oxygens (including phenoxy) is 2. The van der Waals surface area contributed by atoms with Crippen LogP contribution < -0.4 is 4.74 Å². The maximum Gasteiger partial charge on any atom is 0.306 e. The van der Waals surface area contributed by atoms with Crippen molar-refractivity contribution in [1.29, 1.82) is 0 Å². The molecule has 0 aromatic heterocycles. The molecule has 3 nitrogen and oxygen atoms in total. The molecule has 1 atom stereocenters. The minimum Gasteiger partial charge on any atom is -0.496 e. The van der Waals surface area contributed by atoms with Crippen LogP contribution in [0.2, 0.25) is 0 Å². The Labute approximate surface area is 101 Å². The van der Waals surface area contributed by atoms with Crippen molar-refractivity contribution in [1.82, 2.24) is 0 Å². The number of carbonyl (C=O) groups is 1. The molecule has 0 bridgehead atoms. The molecule has 1 unspecified atom stereocenters.